The normalized spacial score (nSPS) is 16.5. The fourth-order valence-electron chi connectivity index (χ4n) is 3.20. The first-order valence-electron chi connectivity index (χ1n) is 8.39. The van der Waals surface area contributed by atoms with Crippen LogP contribution in [0.4, 0.5) is 4.79 Å². The Balaban J connectivity index is 1.88. The van der Waals surface area contributed by atoms with E-state index in [1.54, 1.807) is 0 Å². The Bertz CT molecular complexity index is 722. The molecule has 0 aromatic heterocycles. The van der Waals surface area contributed by atoms with Crippen LogP contribution in [0, 0.1) is 0 Å². The van der Waals surface area contributed by atoms with Crippen LogP contribution in [0.15, 0.2) is 42.5 Å². The fourth-order valence-corrected chi connectivity index (χ4v) is 3.20. The molecular weight excluding hydrogens is 302 g/mol. The van der Waals surface area contributed by atoms with Crippen molar-refractivity contribution < 1.29 is 14.3 Å². The number of benzene rings is 2. The number of ether oxygens (including phenoxy) is 2. The van der Waals surface area contributed by atoms with E-state index < -0.39 is 6.09 Å². The number of aryl methyl sites for hydroxylation is 1. The molecule has 2 aromatic carbocycles. The van der Waals surface area contributed by atoms with E-state index in [2.05, 4.69) is 18.2 Å². The van der Waals surface area contributed by atoms with E-state index in [1.165, 1.54) is 5.56 Å². The zero-order valence-corrected chi connectivity index (χ0v) is 14.1. The van der Waals surface area contributed by atoms with Gasteiger partial charge in [-0.3, -0.25) is 0 Å². The van der Waals surface area contributed by atoms with Gasteiger partial charge in [-0.25, -0.2) is 4.79 Å². The summed E-state index contributed by atoms with van der Waals surface area (Å²) in [6.07, 6.45) is 2.04. The Morgan fingerprint density at radius 2 is 1.83 bits per heavy atom. The van der Waals surface area contributed by atoms with E-state index in [4.69, 9.17) is 15.2 Å². The molecular formula is C20H23NO3. The van der Waals surface area contributed by atoms with Gasteiger partial charge in [-0.15, -0.1) is 0 Å². The number of primary amides is 1. The van der Waals surface area contributed by atoms with E-state index >= 15 is 0 Å². The van der Waals surface area contributed by atoms with E-state index in [9.17, 15) is 4.79 Å². The predicted molar refractivity (Wildman–Crippen MR) is 94.0 cm³/mol. The third-order valence-corrected chi connectivity index (χ3v) is 4.22. The minimum Gasteiger partial charge on any atom is -0.491 e. The van der Waals surface area contributed by atoms with Crippen molar-refractivity contribution in [3.05, 3.63) is 53.6 Å². The largest absolute Gasteiger partial charge is 0.491 e. The average Bonchev–Trinajstić information content (AvgIpc) is 2.54. The van der Waals surface area contributed by atoms with Crippen LogP contribution in [0.3, 0.4) is 0 Å². The molecule has 0 spiro atoms. The number of fused-ring (bicyclic) bond motifs is 1. The summed E-state index contributed by atoms with van der Waals surface area (Å²) in [5, 5.41) is 0. The van der Waals surface area contributed by atoms with Crippen LogP contribution in [0.2, 0.25) is 0 Å². The molecule has 0 aliphatic heterocycles. The van der Waals surface area contributed by atoms with Crippen molar-refractivity contribution >= 4 is 6.09 Å². The van der Waals surface area contributed by atoms with Gasteiger partial charge in [0.25, 0.3) is 0 Å². The minimum atomic E-state index is -0.714. The van der Waals surface area contributed by atoms with Crippen molar-refractivity contribution in [2.45, 2.75) is 45.3 Å². The van der Waals surface area contributed by atoms with Crippen molar-refractivity contribution in [3.63, 3.8) is 0 Å². The second-order valence-electron chi connectivity index (χ2n) is 6.42. The molecule has 0 saturated heterocycles. The molecule has 1 atom stereocenters. The van der Waals surface area contributed by atoms with Crippen LogP contribution in [0.1, 0.15) is 43.9 Å². The van der Waals surface area contributed by atoms with Crippen LogP contribution in [-0.2, 0) is 11.2 Å². The molecule has 0 heterocycles. The molecule has 2 N–H and O–H groups in total. The van der Waals surface area contributed by atoms with Gasteiger partial charge in [-0.2, -0.15) is 0 Å². The molecule has 1 unspecified atom stereocenters. The minimum absolute atomic E-state index is 0.159. The van der Waals surface area contributed by atoms with E-state index in [1.807, 2.05) is 38.1 Å². The van der Waals surface area contributed by atoms with Crippen molar-refractivity contribution in [1.29, 1.82) is 0 Å². The topological polar surface area (TPSA) is 61.6 Å². The van der Waals surface area contributed by atoms with Gasteiger partial charge in [0, 0.05) is 0 Å². The molecule has 2 aromatic rings. The van der Waals surface area contributed by atoms with Gasteiger partial charge in [-0.05, 0) is 73.6 Å². The lowest BCUT2D eigenvalue weighted by atomic mass is 9.87. The third kappa shape index (κ3) is 3.70. The molecule has 1 aliphatic rings. The summed E-state index contributed by atoms with van der Waals surface area (Å²) >= 11 is 0. The molecule has 4 nitrogen and oxygen atoms in total. The lowest BCUT2D eigenvalue weighted by molar-refractivity contribution is 0.0959. The summed E-state index contributed by atoms with van der Waals surface area (Å²) in [6, 6.07) is 14.4. The highest BCUT2D eigenvalue weighted by Crippen LogP contribution is 2.35. The zero-order chi connectivity index (χ0) is 17.1. The monoisotopic (exact) mass is 325 g/mol. The van der Waals surface area contributed by atoms with Crippen LogP contribution < -0.4 is 10.5 Å². The van der Waals surface area contributed by atoms with Crippen LogP contribution in [0.5, 0.6) is 5.75 Å². The Morgan fingerprint density at radius 3 is 2.50 bits per heavy atom. The van der Waals surface area contributed by atoms with Crippen molar-refractivity contribution in [3.8, 4) is 16.9 Å². The number of carbonyl (C=O) groups is 1. The molecule has 1 amide bonds. The lowest BCUT2D eigenvalue weighted by Gasteiger charge is -2.25. The molecule has 126 valence electrons. The second kappa shape index (κ2) is 6.95. The first-order valence-corrected chi connectivity index (χ1v) is 8.39. The average molecular weight is 325 g/mol. The van der Waals surface area contributed by atoms with Gasteiger partial charge >= 0.3 is 6.09 Å². The highest BCUT2D eigenvalue weighted by Gasteiger charge is 2.23. The van der Waals surface area contributed by atoms with Crippen LogP contribution in [0.25, 0.3) is 11.1 Å². The van der Waals surface area contributed by atoms with Gasteiger partial charge in [0.05, 0.1) is 6.10 Å². The van der Waals surface area contributed by atoms with Gasteiger partial charge in [0.2, 0.25) is 0 Å². The number of rotatable bonds is 4. The molecule has 0 radical (unpaired) electrons. The molecule has 0 saturated carbocycles. The standard InChI is InChI=1S/C20H23NO3/c1-13(2)23-17-10-8-14(9-11-17)16-7-6-15-4-3-5-19(18(15)12-16)24-20(21)22/h6-13,19H,3-5H2,1-2H3,(H2,21,22). The van der Waals surface area contributed by atoms with Crippen molar-refractivity contribution in [1.82, 2.24) is 0 Å². The van der Waals surface area contributed by atoms with E-state index in [-0.39, 0.29) is 12.2 Å². The molecule has 24 heavy (non-hydrogen) atoms. The van der Waals surface area contributed by atoms with E-state index in [0.29, 0.717) is 0 Å². The number of carbonyl (C=O) groups excluding carboxylic acids is 1. The maximum atomic E-state index is 11.1. The number of hydrogen-bond donors (Lipinski definition) is 1. The molecule has 3 rings (SSSR count). The highest BCUT2D eigenvalue weighted by molar-refractivity contribution is 5.67. The summed E-state index contributed by atoms with van der Waals surface area (Å²) < 4.78 is 11.0. The zero-order valence-electron chi connectivity index (χ0n) is 14.1. The Morgan fingerprint density at radius 1 is 1.12 bits per heavy atom. The van der Waals surface area contributed by atoms with Gasteiger partial charge < -0.3 is 15.2 Å². The highest BCUT2D eigenvalue weighted by atomic mass is 16.6. The molecule has 0 fully saturated rings. The maximum Gasteiger partial charge on any atom is 0.405 e. The summed E-state index contributed by atoms with van der Waals surface area (Å²) in [7, 11) is 0. The summed E-state index contributed by atoms with van der Waals surface area (Å²) in [4.78, 5) is 11.1. The quantitative estimate of drug-likeness (QED) is 0.892. The smallest absolute Gasteiger partial charge is 0.405 e. The molecule has 0 bridgehead atoms. The lowest BCUT2D eigenvalue weighted by Crippen LogP contribution is -2.20. The number of nitrogens with two attached hydrogens (primary N) is 1. The summed E-state index contributed by atoms with van der Waals surface area (Å²) in [6.45, 7) is 4.02. The Hall–Kier alpha value is -2.49. The van der Waals surface area contributed by atoms with Gasteiger partial charge in [-0.1, -0.05) is 24.3 Å². The molecule has 4 heteroatoms. The predicted octanol–water partition coefficient (Wildman–Crippen LogP) is 4.61. The van der Waals surface area contributed by atoms with Crippen LogP contribution in [-0.4, -0.2) is 12.2 Å². The van der Waals surface area contributed by atoms with E-state index in [0.717, 1.165) is 41.7 Å². The first-order chi connectivity index (χ1) is 11.5. The molecule has 1 aliphatic carbocycles. The van der Waals surface area contributed by atoms with Gasteiger partial charge in [0.1, 0.15) is 11.9 Å². The summed E-state index contributed by atoms with van der Waals surface area (Å²) in [5.74, 6) is 0.863. The SMILES string of the molecule is CC(C)Oc1ccc(-c2ccc3c(c2)C(OC(N)=O)CCC3)cc1. The number of hydrogen-bond acceptors (Lipinski definition) is 3. The Labute approximate surface area is 142 Å². The van der Waals surface area contributed by atoms with Gasteiger partial charge in [0.15, 0.2) is 0 Å². The second-order valence-corrected chi connectivity index (χ2v) is 6.42. The van der Waals surface area contributed by atoms with Crippen molar-refractivity contribution in [2.24, 2.45) is 5.73 Å². The first kappa shape index (κ1) is 16.4. The third-order valence-electron chi connectivity index (χ3n) is 4.22. The number of amides is 1. The van der Waals surface area contributed by atoms with Crippen LogP contribution >= 0.6 is 0 Å². The maximum absolute atomic E-state index is 11.1. The Kier molecular flexibility index (Phi) is 4.74. The summed E-state index contributed by atoms with van der Waals surface area (Å²) in [5.41, 5.74) is 9.72. The van der Waals surface area contributed by atoms with Crippen molar-refractivity contribution in [2.75, 3.05) is 0 Å². The fraction of sp³-hybridized carbons (Fsp3) is 0.350.